The van der Waals surface area contributed by atoms with Crippen LogP contribution in [0, 0.1) is 11.7 Å². The maximum Gasteiger partial charge on any atom is 0.224 e. The van der Waals surface area contributed by atoms with Crippen LogP contribution in [0.3, 0.4) is 0 Å². The van der Waals surface area contributed by atoms with E-state index in [0.29, 0.717) is 6.54 Å². The summed E-state index contributed by atoms with van der Waals surface area (Å²) in [6.07, 6.45) is 1.92. The Balaban J connectivity index is 2.05. The second-order valence-corrected chi connectivity index (χ2v) is 4.77. The highest BCUT2D eigenvalue weighted by atomic mass is 19.1. The van der Waals surface area contributed by atoms with Gasteiger partial charge in [0.2, 0.25) is 5.91 Å². The lowest BCUT2D eigenvalue weighted by Gasteiger charge is -2.09. The quantitative estimate of drug-likeness (QED) is 0.768. The molecule has 5 heteroatoms. The van der Waals surface area contributed by atoms with Gasteiger partial charge in [-0.3, -0.25) is 4.79 Å². The average molecular weight is 264 g/mol. The molecule has 1 aromatic carbocycles. The van der Waals surface area contributed by atoms with Crippen molar-refractivity contribution in [2.24, 2.45) is 5.92 Å². The van der Waals surface area contributed by atoms with E-state index in [1.54, 1.807) is 12.3 Å². The standard InChI is InChI=1S/C14H17FN2O2/c1-9(8-18)6-17-14(19)4-10-7-16-13-3-2-11(15)5-12(10)13/h2-3,5,7,9,16,18H,4,6,8H2,1H3,(H,17,19). The number of carbonyl (C=O) groups is 1. The predicted octanol–water partition coefficient (Wildman–Crippen LogP) is 1.59. The van der Waals surface area contributed by atoms with E-state index < -0.39 is 0 Å². The fourth-order valence-corrected chi connectivity index (χ4v) is 1.88. The van der Waals surface area contributed by atoms with Crippen molar-refractivity contribution in [1.82, 2.24) is 10.3 Å². The molecule has 0 aliphatic rings. The molecule has 1 aromatic heterocycles. The topological polar surface area (TPSA) is 65.1 Å². The van der Waals surface area contributed by atoms with Gasteiger partial charge in [-0.25, -0.2) is 4.39 Å². The van der Waals surface area contributed by atoms with Crippen molar-refractivity contribution in [1.29, 1.82) is 0 Å². The van der Waals surface area contributed by atoms with Crippen molar-refractivity contribution in [3.8, 4) is 0 Å². The number of hydrogen-bond acceptors (Lipinski definition) is 2. The number of halogens is 1. The van der Waals surface area contributed by atoms with Crippen LogP contribution in [0.2, 0.25) is 0 Å². The Hall–Kier alpha value is -1.88. The number of fused-ring (bicyclic) bond motifs is 1. The van der Waals surface area contributed by atoms with E-state index in [9.17, 15) is 9.18 Å². The molecular weight excluding hydrogens is 247 g/mol. The molecule has 19 heavy (non-hydrogen) atoms. The lowest BCUT2D eigenvalue weighted by molar-refractivity contribution is -0.120. The number of amides is 1. The van der Waals surface area contributed by atoms with Crippen LogP contribution in [0.1, 0.15) is 12.5 Å². The first-order valence-corrected chi connectivity index (χ1v) is 6.23. The zero-order valence-electron chi connectivity index (χ0n) is 10.7. The molecule has 0 saturated heterocycles. The zero-order valence-corrected chi connectivity index (χ0v) is 10.7. The average Bonchev–Trinajstić information content (AvgIpc) is 2.78. The number of carbonyl (C=O) groups excluding carboxylic acids is 1. The van der Waals surface area contributed by atoms with Crippen LogP contribution in [0.5, 0.6) is 0 Å². The Morgan fingerprint density at radius 1 is 1.53 bits per heavy atom. The number of aromatic amines is 1. The highest BCUT2D eigenvalue weighted by Crippen LogP contribution is 2.19. The normalized spacial score (nSPS) is 12.6. The second kappa shape index (κ2) is 5.84. The van der Waals surface area contributed by atoms with Crippen molar-refractivity contribution in [3.63, 3.8) is 0 Å². The minimum absolute atomic E-state index is 0.0318. The summed E-state index contributed by atoms with van der Waals surface area (Å²) >= 11 is 0. The molecular formula is C14H17FN2O2. The molecule has 1 unspecified atom stereocenters. The summed E-state index contributed by atoms with van der Waals surface area (Å²) < 4.78 is 13.2. The third kappa shape index (κ3) is 3.32. The zero-order chi connectivity index (χ0) is 13.8. The third-order valence-electron chi connectivity index (χ3n) is 3.04. The molecule has 1 atom stereocenters. The summed E-state index contributed by atoms with van der Waals surface area (Å²) in [4.78, 5) is 14.8. The van der Waals surface area contributed by atoms with Crippen LogP contribution in [-0.2, 0) is 11.2 Å². The molecule has 1 amide bonds. The maximum absolute atomic E-state index is 13.2. The number of hydrogen-bond donors (Lipinski definition) is 3. The third-order valence-corrected chi connectivity index (χ3v) is 3.04. The molecule has 0 bridgehead atoms. The van der Waals surface area contributed by atoms with Crippen LogP contribution in [-0.4, -0.2) is 29.1 Å². The number of benzene rings is 1. The molecule has 3 N–H and O–H groups in total. The van der Waals surface area contributed by atoms with Crippen LogP contribution in [0.25, 0.3) is 10.9 Å². The Morgan fingerprint density at radius 3 is 3.05 bits per heavy atom. The first-order chi connectivity index (χ1) is 9.10. The number of aromatic nitrogens is 1. The predicted molar refractivity (Wildman–Crippen MR) is 71.2 cm³/mol. The molecule has 0 radical (unpaired) electrons. The van der Waals surface area contributed by atoms with Gasteiger partial charge >= 0.3 is 0 Å². The highest BCUT2D eigenvalue weighted by molar-refractivity contribution is 5.88. The lowest BCUT2D eigenvalue weighted by Crippen LogP contribution is -2.30. The Bertz CT molecular complexity index is 580. The SMILES string of the molecule is CC(CO)CNC(=O)Cc1c[nH]c2ccc(F)cc12. The van der Waals surface area contributed by atoms with Crippen molar-refractivity contribution in [2.45, 2.75) is 13.3 Å². The number of nitrogens with one attached hydrogen (secondary N) is 2. The minimum Gasteiger partial charge on any atom is -0.396 e. The summed E-state index contributed by atoms with van der Waals surface area (Å²) in [7, 11) is 0. The van der Waals surface area contributed by atoms with Crippen LogP contribution in [0.15, 0.2) is 24.4 Å². The van der Waals surface area contributed by atoms with E-state index >= 15 is 0 Å². The van der Waals surface area contributed by atoms with Gasteiger partial charge in [0.1, 0.15) is 5.82 Å². The van der Waals surface area contributed by atoms with E-state index in [1.165, 1.54) is 12.1 Å². The van der Waals surface area contributed by atoms with Gasteiger partial charge in [0.15, 0.2) is 0 Å². The number of H-pyrrole nitrogens is 1. The van der Waals surface area contributed by atoms with Gasteiger partial charge < -0.3 is 15.4 Å². The van der Waals surface area contributed by atoms with Crippen LogP contribution >= 0.6 is 0 Å². The molecule has 4 nitrogen and oxygen atoms in total. The van der Waals surface area contributed by atoms with Gasteiger partial charge in [0, 0.05) is 30.3 Å². The lowest BCUT2D eigenvalue weighted by atomic mass is 10.1. The van der Waals surface area contributed by atoms with Gasteiger partial charge in [0.05, 0.1) is 6.42 Å². The van der Waals surface area contributed by atoms with E-state index in [0.717, 1.165) is 16.5 Å². The van der Waals surface area contributed by atoms with Gasteiger partial charge in [-0.15, -0.1) is 0 Å². The molecule has 0 aliphatic carbocycles. The molecule has 1 heterocycles. The number of aliphatic hydroxyl groups excluding tert-OH is 1. The van der Waals surface area contributed by atoms with Gasteiger partial charge in [-0.1, -0.05) is 6.92 Å². The molecule has 0 spiro atoms. The molecule has 102 valence electrons. The maximum atomic E-state index is 13.2. The molecule has 0 fully saturated rings. The second-order valence-electron chi connectivity index (χ2n) is 4.77. The smallest absolute Gasteiger partial charge is 0.224 e. The molecule has 2 rings (SSSR count). The Labute approximate surface area is 110 Å². The van der Waals surface area contributed by atoms with E-state index in [-0.39, 0.29) is 30.7 Å². The van der Waals surface area contributed by atoms with Crippen molar-refractivity contribution < 1.29 is 14.3 Å². The van der Waals surface area contributed by atoms with Gasteiger partial charge in [-0.05, 0) is 29.7 Å². The summed E-state index contributed by atoms with van der Waals surface area (Å²) in [5.74, 6) is -0.419. The first-order valence-electron chi connectivity index (χ1n) is 6.23. The monoisotopic (exact) mass is 264 g/mol. The summed E-state index contributed by atoms with van der Waals surface area (Å²) in [5, 5.41) is 12.3. The van der Waals surface area contributed by atoms with Crippen molar-refractivity contribution in [2.75, 3.05) is 13.2 Å². The van der Waals surface area contributed by atoms with Crippen molar-refractivity contribution in [3.05, 3.63) is 35.8 Å². The van der Waals surface area contributed by atoms with E-state index in [4.69, 9.17) is 5.11 Å². The van der Waals surface area contributed by atoms with Gasteiger partial charge in [-0.2, -0.15) is 0 Å². The molecule has 0 aliphatic heterocycles. The van der Waals surface area contributed by atoms with Crippen LogP contribution in [0.4, 0.5) is 4.39 Å². The minimum atomic E-state index is -0.317. The van der Waals surface area contributed by atoms with E-state index in [1.807, 2.05) is 6.92 Å². The van der Waals surface area contributed by atoms with E-state index in [2.05, 4.69) is 10.3 Å². The Kier molecular flexibility index (Phi) is 4.16. The Morgan fingerprint density at radius 2 is 2.32 bits per heavy atom. The molecule has 0 saturated carbocycles. The highest BCUT2D eigenvalue weighted by Gasteiger charge is 2.10. The van der Waals surface area contributed by atoms with Gasteiger partial charge in [0.25, 0.3) is 0 Å². The fourth-order valence-electron chi connectivity index (χ4n) is 1.88. The van der Waals surface area contributed by atoms with Crippen molar-refractivity contribution >= 4 is 16.8 Å². The number of aliphatic hydroxyl groups is 1. The number of rotatable bonds is 5. The van der Waals surface area contributed by atoms with Crippen LogP contribution < -0.4 is 5.32 Å². The fraction of sp³-hybridized carbons (Fsp3) is 0.357. The summed E-state index contributed by atoms with van der Waals surface area (Å²) in [5.41, 5.74) is 1.58. The first kappa shape index (κ1) is 13.5. The largest absolute Gasteiger partial charge is 0.396 e. The summed E-state index contributed by atoms with van der Waals surface area (Å²) in [6.45, 7) is 2.33. The molecule has 2 aromatic rings. The summed E-state index contributed by atoms with van der Waals surface area (Å²) in [6, 6.07) is 4.45.